The molecule has 0 bridgehead atoms. The maximum atomic E-state index is 4.93. The van der Waals surface area contributed by atoms with Crippen LogP contribution in [0.4, 0.5) is 0 Å². The maximum absolute atomic E-state index is 4.93. The van der Waals surface area contributed by atoms with E-state index < -0.39 is 0 Å². The third kappa shape index (κ3) is 2.05. The molecule has 2 nitrogen and oxygen atoms in total. The predicted octanol–water partition coefficient (Wildman–Crippen LogP) is 4.85. The highest BCUT2D eigenvalue weighted by molar-refractivity contribution is 7.77. The van der Waals surface area contributed by atoms with Crippen molar-refractivity contribution in [2.24, 2.45) is 11.3 Å². The molecule has 2 fully saturated rings. The Kier molecular flexibility index (Phi) is 5.29. The summed E-state index contributed by atoms with van der Waals surface area (Å²) in [6.45, 7) is 15.5. The molecule has 1 saturated carbocycles. The van der Waals surface area contributed by atoms with Gasteiger partial charge >= 0.3 is 0 Å². The SMILES string of the molecule is C=C/C=C1\C(=C/C=C)N(S)[C@](CC)(NCC)[C@]12CC[C@H]2CC. The van der Waals surface area contributed by atoms with Gasteiger partial charge in [0.25, 0.3) is 0 Å². The third-order valence-electron chi connectivity index (χ3n) is 5.70. The number of rotatable bonds is 6. The zero-order valence-corrected chi connectivity index (χ0v) is 15.1. The van der Waals surface area contributed by atoms with Gasteiger partial charge < -0.3 is 0 Å². The van der Waals surface area contributed by atoms with E-state index in [9.17, 15) is 0 Å². The van der Waals surface area contributed by atoms with Crippen molar-refractivity contribution in [3.63, 3.8) is 0 Å². The molecule has 0 radical (unpaired) electrons. The van der Waals surface area contributed by atoms with Gasteiger partial charge in [-0.15, -0.1) is 0 Å². The van der Waals surface area contributed by atoms with E-state index in [1.165, 1.54) is 30.5 Å². The van der Waals surface area contributed by atoms with E-state index in [1.807, 2.05) is 12.2 Å². The molecule has 1 N–H and O–H groups in total. The van der Waals surface area contributed by atoms with Crippen molar-refractivity contribution in [2.75, 3.05) is 6.54 Å². The van der Waals surface area contributed by atoms with Crippen LogP contribution in [0.25, 0.3) is 0 Å². The van der Waals surface area contributed by atoms with Crippen LogP contribution >= 0.6 is 12.8 Å². The van der Waals surface area contributed by atoms with Gasteiger partial charge in [0.15, 0.2) is 0 Å². The molecule has 3 heteroatoms. The molecule has 0 amide bonds. The lowest BCUT2D eigenvalue weighted by molar-refractivity contribution is -0.0533. The topological polar surface area (TPSA) is 15.3 Å². The number of allylic oxidation sites excluding steroid dienone is 5. The highest BCUT2D eigenvalue weighted by Gasteiger charge is 2.67. The summed E-state index contributed by atoms with van der Waals surface area (Å²) < 4.78 is 2.16. The van der Waals surface area contributed by atoms with Crippen LogP contribution in [0.3, 0.4) is 0 Å². The van der Waals surface area contributed by atoms with Gasteiger partial charge in [-0.05, 0) is 43.4 Å². The predicted molar refractivity (Wildman–Crippen MR) is 99.5 cm³/mol. The molecule has 0 aromatic rings. The Morgan fingerprint density at radius 3 is 2.36 bits per heavy atom. The molecule has 1 aliphatic heterocycles. The average Bonchev–Trinajstić information content (AvgIpc) is 2.69. The molecule has 0 aromatic carbocycles. The summed E-state index contributed by atoms with van der Waals surface area (Å²) in [5.74, 6) is 0.683. The molecule has 2 rings (SSSR count). The van der Waals surface area contributed by atoms with Crippen molar-refractivity contribution >= 4 is 12.8 Å². The zero-order chi connectivity index (χ0) is 16.4. The van der Waals surface area contributed by atoms with Crippen molar-refractivity contribution in [1.29, 1.82) is 0 Å². The lowest BCUT2D eigenvalue weighted by atomic mass is 9.50. The molecular formula is C19H30N2S. The van der Waals surface area contributed by atoms with E-state index in [1.54, 1.807) is 0 Å². The van der Waals surface area contributed by atoms with Crippen LogP contribution in [0.2, 0.25) is 0 Å². The quantitative estimate of drug-likeness (QED) is 0.681. The molecule has 3 atom stereocenters. The second kappa shape index (κ2) is 6.67. The first-order chi connectivity index (χ1) is 10.6. The molecule has 0 unspecified atom stereocenters. The van der Waals surface area contributed by atoms with Gasteiger partial charge in [0.2, 0.25) is 0 Å². The largest absolute Gasteiger partial charge is 0.298 e. The van der Waals surface area contributed by atoms with Crippen LogP contribution in [-0.2, 0) is 0 Å². The molecule has 1 aliphatic carbocycles. The lowest BCUT2D eigenvalue weighted by Crippen LogP contribution is -2.66. The summed E-state index contributed by atoms with van der Waals surface area (Å²) >= 11 is 4.93. The third-order valence-corrected chi connectivity index (χ3v) is 6.26. The van der Waals surface area contributed by atoms with Gasteiger partial charge in [0.05, 0.1) is 5.70 Å². The zero-order valence-electron chi connectivity index (χ0n) is 14.2. The first-order valence-corrected chi connectivity index (χ1v) is 8.89. The summed E-state index contributed by atoms with van der Waals surface area (Å²) in [5.41, 5.74) is 2.53. The molecule has 122 valence electrons. The van der Waals surface area contributed by atoms with Crippen LogP contribution in [0.1, 0.15) is 46.5 Å². The molecular weight excluding hydrogens is 288 g/mol. The standard InChI is InChI=1S/C19H30N2S/c1-6-11-16-17(12-7-2)21(22)19(9-4,20-10-5)18(16)14-13-15(18)8-3/h6-7,11-12,15,20,22H,1-2,8-10,13-14H2,3-5H3/b16-11+,17-12+/t15-,18+,19+/m1/s1. The smallest absolute Gasteiger partial charge is 0.111 e. The highest BCUT2D eigenvalue weighted by Crippen LogP contribution is 2.68. The molecule has 1 spiro atoms. The van der Waals surface area contributed by atoms with E-state index in [0.29, 0.717) is 5.92 Å². The van der Waals surface area contributed by atoms with Crippen LogP contribution in [0, 0.1) is 11.3 Å². The fraction of sp³-hybridized carbons (Fsp3) is 0.579. The first-order valence-electron chi connectivity index (χ1n) is 8.49. The second-order valence-electron chi connectivity index (χ2n) is 6.27. The van der Waals surface area contributed by atoms with Crippen molar-refractivity contribution < 1.29 is 0 Å². The van der Waals surface area contributed by atoms with Crippen LogP contribution in [0.5, 0.6) is 0 Å². The van der Waals surface area contributed by atoms with Crippen molar-refractivity contribution in [3.8, 4) is 0 Å². The summed E-state index contributed by atoms with van der Waals surface area (Å²) in [6.07, 6.45) is 12.8. The summed E-state index contributed by atoms with van der Waals surface area (Å²) in [6, 6.07) is 0. The Morgan fingerprint density at radius 2 is 1.95 bits per heavy atom. The Balaban J connectivity index is 2.71. The minimum atomic E-state index is -0.131. The molecule has 0 aromatic heterocycles. The molecule has 1 heterocycles. The number of hydrogen-bond donors (Lipinski definition) is 2. The van der Waals surface area contributed by atoms with Gasteiger partial charge in [0.1, 0.15) is 5.66 Å². The van der Waals surface area contributed by atoms with Gasteiger partial charge in [-0.25, -0.2) is 0 Å². The number of hydrogen-bond acceptors (Lipinski definition) is 3. The van der Waals surface area contributed by atoms with Crippen LogP contribution in [0.15, 0.2) is 48.7 Å². The van der Waals surface area contributed by atoms with Crippen molar-refractivity contribution in [3.05, 3.63) is 48.7 Å². The maximum Gasteiger partial charge on any atom is 0.111 e. The normalized spacial score (nSPS) is 37.8. The van der Waals surface area contributed by atoms with Gasteiger partial charge in [-0.1, -0.05) is 71.4 Å². The fourth-order valence-corrected chi connectivity index (χ4v) is 5.35. The molecule has 22 heavy (non-hydrogen) atoms. The highest BCUT2D eigenvalue weighted by atomic mass is 32.1. The van der Waals surface area contributed by atoms with Crippen LogP contribution in [-0.4, -0.2) is 16.5 Å². The number of nitrogens with zero attached hydrogens (tertiary/aromatic N) is 1. The minimum absolute atomic E-state index is 0.122. The molecule has 2 aliphatic rings. The summed E-state index contributed by atoms with van der Waals surface area (Å²) in [7, 11) is 0. The lowest BCUT2D eigenvalue weighted by Gasteiger charge is -2.58. The van der Waals surface area contributed by atoms with Crippen molar-refractivity contribution in [2.45, 2.75) is 52.1 Å². The second-order valence-corrected chi connectivity index (χ2v) is 6.67. The Morgan fingerprint density at radius 1 is 1.27 bits per heavy atom. The first kappa shape index (κ1) is 17.4. The Labute approximate surface area is 141 Å². The Bertz CT molecular complexity index is 506. The van der Waals surface area contributed by atoms with Gasteiger partial charge in [-0.3, -0.25) is 9.62 Å². The molecule has 1 saturated heterocycles. The van der Waals surface area contributed by atoms with Crippen LogP contribution < -0.4 is 5.32 Å². The van der Waals surface area contributed by atoms with Gasteiger partial charge in [-0.2, -0.15) is 0 Å². The van der Waals surface area contributed by atoms with Crippen molar-refractivity contribution in [1.82, 2.24) is 9.62 Å². The van der Waals surface area contributed by atoms with E-state index in [0.717, 1.165) is 13.0 Å². The van der Waals surface area contributed by atoms with E-state index >= 15 is 0 Å². The number of nitrogens with one attached hydrogen (secondary N) is 1. The fourth-order valence-electron chi connectivity index (χ4n) is 4.79. The van der Waals surface area contributed by atoms with E-state index in [2.05, 4.69) is 55.7 Å². The van der Waals surface area contributed by atoms with Gasteiger partial charge in [0, 0.05) is 5.41 Å². The van der Waals surface area contributed by atoms with E-state index in [4.69, 9.17) is 12.8 Å². The number of thiol groups is 1. The summed E-state index contributed by atoms with van der Waals surface area (Å²) in [4.78, 5) is 0. The van der Waals surface area contributed by atoms with E-state index in [-0.39, 0.29) is 11.1 Å². The monoisotopic (exact) mass is 318 g/mol. The average molecular weight is 319 g/mol. The Hall–Kier alpha value is -0.930. The summed E-state index contributed by atoms with van der Waals surface area (Å²) in [5, 5.41) is 3.79. The minimum Gasteiger partial charge on any atom is -0.298 e.